The topological polar surface area (TPSA) is 35.6 Å². The number of urea groups is 1. The summed E-state index contributed by atoms with van der Waals surface area (Å²) in [4.78, 5) is 16.5. The lowest BCUT2D eigenvalue weighted by Gasteiger charge is -2.36. The summed E-state index contributed by atoms with van der Waals surface area (Å²) in [6, 6.07) is 0.756. The smallest absolute Gasteiger partial charge is 0.320 e. The first-order chi connectivity index (χ1) is 8.31. The van der Waals surface area contributed by atoms with Crippen molar-refractivity contribution in [1.82, 2.24) is 15.1 Å². The van der Waals surface area contributed by atoms with Gasteiger partial charge in [-0.3, -0.25) is 0 Å². The Morgan fingerprint density at radius 1 is 1.00 bits per heavy atom. The van der Waals surface area contributed by atoms with Crippen LogP contribution in [-0.2, 0) is 0 Å². The van der Waals surface area contributed by atoms with Gasteiger partial charge in [-0.05, 0) is 32.7 Å². The SMILES string of the molecule is CNC1CCCN(C(=O)N2CCCCCC2)C1. The third-order valence-corrected chi connectivity index (χ3v) is 3.98. The summed E-state index contributed by atoms with van der Waals surface area (Å²) < 4.78 is 0. The van der Waals surface area contributed by atoms with Crippen LogP contribution >= 0.6 is 0 Å². The van der Waals surface area contributed by atoms with E-state index in [1.165, 1.54) is 32.1 Å². The second kappa shape index (κ2) is 6.24. The highest BCUT2D eigenvalue weighted by Gasteiger charge is 2.26. The Kier molecular flexibility index (Phi) is 4.66. The highest BCUT2D eigenvalue weighted by molar-refractivity contribution is 5.74. The van der Waals surface area contributed by atoms with Gasteiger partial charge in [-0.2, -0.15) is 0 Å². The molecule has 4 heteroatoms. The molecule has 2 saturated heterocycles. The van der Waals surface area contributed by atoms with Crippen molar-refractivity contribution in [2.24, 2.45) is 0 Å². The Hall–Kier alpha value is -0.770. The zero-order chi connectivity index (χ0) is 12.1. The van der Waals surface area contributed by atoms with E-state index >= 15 is 0 Å². The first kappa shape index (κ1) is 12.7. The van der Waals surface area contributed by atoms with Crippen molar-refractivity contribution in [3.63, 3.8) is 0 Å². The Morgan fingerprint density at radius 3 is 2.29 bits per heavy atom. The lowest BCUT2D eigenvalue weighted by Crippen LogP contribution is -2.51. The fraction of sp³-hybridized carbons (Fsp3) is 0.923. The molecule has 2 aliphatic heterocycles. The number of likely N-dealkylation sites (tertiary alicyclic amines) is 2. The first-order valence-corrected chi connectivity index (χ1v) is 7.02. The van der Waals surface area contributed by atoms with Gasteiger partial charge in [-0.15, -0.1) is 0 Å². The number of nitrogens with one attached hydrogen (secondary N) is 1. The number of carbonyl (C=O) groups is 1. The highest BCUT2D eigenvalue weighted by Crippen LogP contribution is 2.15. The van der Waals surface area contributed by atoms with Gasteiger partial charge in [0.25, 0.3) is 0 Å². The molecule has 0 aromatic rings. The van der Waals surface area contributed by atoms with Crippen molar-refractivity contribution < 1.29 is 4.79 Å². The molecule has 4 nitrogen and oxygen atoms in total. The lowest BCUT2D eigenvalue weighted by atomic mass is 10.1. The van der Waals surface area contributed by atoms with Crippen molar-refractivity contribution in [2.45, 2.75) is 44.6 Å². The Bertz CT molecular complexity index is 249. The number of likely N-dealkylation sites (N-methyl/N-ethyl adjacent to an activating group) is 1. The summed E-state index contributed by atoms with van der Waals surface area (Å²) in [7, 11) is 1.99. The second-order valence-electron chi connectivity index (χ2n) is 5.26. The zero-order valence-corrected chi connectivity index (χ0v) is 11.0. The summed E-state index contributed by atoms with van der Waals surface area (Å²) in [6.45, 7) is 3.73. The summed E-state index contributed by atoms with van der Waals surface area (Å²) in [5.74, 6) is 0. The molecule has 1 N–H and O–H groups in total. The second-order valence-corrected chi connectivity index (χ2v) is 5.26. The van der Waals surface area contributed by atoms with Gasteiger partial charge in [0, 0.05) is 32.2 Å². The van der Waals surface area contributed by atoms with Gasteiger partial charge in [-0.1, -0.05) is 12.8 Å². The average Bonchev–Trinajstić information content (AvgIpc) is 2.67. The van der Waals surface area contributed by atoms with E-state index in [2.05, 4.69) is 10.2 Å². The van der Waals surface area contributed by atoms with Crippen molar-refractivity contribution in [1.29, 1.82) is 0 Å². The molecule has 0 spiro atoms. The number of amides is 2. The van der Waals surface area contributed by atoms with E-state index in [0.717, 1.165) is 32.6 Å². The predicted octanol–water partition coefficient (Wildman–Crippen LogP) is 1.67. The standard InChI is InChI=1S/C13H25N3O/c1-14-12-7-6-10-16(11-12)13(17)15-8-4-2-3-5-9-15/h12,14H,2-11H2,1H3. The quantitative estimate of drug-likeness (QED) is 0.755. The Labute approximate surface area is 104 Å². The fourth-order valence-corrected chi connectivity index (χ4v) is 2.85. The van der Waals surface area contributed by atoms with E-state index < -0.39 is 0 Å². The summed E-state index contributed by atoms with van der Waals surface area (Å²) in [5.41, 5.74) is 0. The molecule has 2 rings (SSSR count). The van der Waals surface area contributed by atoms with Crippen molar-refractivity contribution >= 4 is 6.03 Å². The van der Waals surface area contributed by atoms with E-state index in [9.17, 15) is 4.79 Å². The molecule has 2 fully saturated rings. The molecule has 2 aliphatic rings. The number of piperidine rings is 1. The largest absolute Gasteiger partial charge is 0.325 e. The molecule has 17 heavy (non-hydrogen) atoms. The van der Waals surface area contributed by atoms with E-state index in [4.69, 9.17) is 0 Å². The van der Waals surface area contributed by atoms with Crippen LogP contribution in [0.4, 0.5) is 4.79 Å². The van der Waals surface area contributed by atoms with Crippen LogP contribution < -0.4 is 5.32 Å². The average molecular weight is 239 g/mol. The highest BCUT2D eigenvalue weighted by atomic mass is 16.2. The molecule has 2 heterocycles. The lowest BCUT2D eigenvalue weighted by molar-refractivity contribution is 0.136. The number of nitrogens with zero attached hydrogens (tertiary/aromatic N) is 2. The minimum atomic E-state index is 0.270. The summed E-state index contributed by atoms with van der Waals surface area (Å²) >= 11 is 0. The van der Waals surface area contributed by atoms with Gasteiger partial charge in [0.15, 0.2) is 0 Å². The molecule has 2 amide bonds. The molecule has 1 unspecified atom stereocenters. The number of rotatable bonds is 1. The van der Waals surface area contributed by atoms with Crippen LogP contribution in [0.1, 0.15) is 38.5 Å². The van der Waals surface area contributed by atoms with E-state index in [1.54, 1.807) is 0 Å². The molecule has 0 radical (unpaired) electrons. The maximum absolute atomic E-state index is 12.4. The minimum absolute atomic E-state index is 0.270. The maximum atomic E-state index is 12.4. The van der Waals surface area contributed by atoms with Gasteiger partial charge in [0.1, 0.15) is 0 Å². The maximum Gasteiger partial charge on any atom is 0.320 e. The summed E-state index contributed by atoms with van der Waals surface area (Å²) in [6.07, 6.45) is 7.24. The van der Waals surface area contributed by atoms with Crippen LogP contribution in [0, 0.1) is 0 Å². The minimum Gasteiger partial charge on any atom is -0.325 e. The molecular formula is C13H25N3O. The zero-order valence-electron chi connectivity index (χ0n) is 11.0. The van der Waals surface area contributed by atoms with Gasteiger partial charge in [0.05, 0.1) is 0 Å². The van der Waals surface area contributed by atoms with Gasteiger partial charge in [0.2, 0.25) is 0 Å². The number of carbonyl (C=O) groups excluding carboxylic acids is 1. The molecule has 0 saturated carbocycles. The van der Waals surface area contributed by atoms with Crippen LogP contribution in [0.3, 0.4) is 0 Å². The van der Waals surface area contributed by atoms with Gasteiger partial charge in [-0.25, -0.2) is 4.79 Å². The van der Waals surface area contributed by atoms with Crippen LogP contribution in [0.2, 0.25) is 0 Å². The van der Waals surface area contributed by atoms with E-state index in [0.29, 0.717) is 6.04 Å². The number of hydrogen-bond acceptors (Lipinski definition) is 2. The van der Waals surface area contributed by atoms with Crippen molar-refractivity contribution in [3.8, 4) is 0 Å². The van der Waals surface area contributed by atoms with Crippen LogP contribution in [0.5, 0.6) is 0 Å². The molecule has 0 aromatic carbocycles. The van der Waals surface area contributed by atoms with Crippen LogP contribution in [0.15, 0.2) is 0 Å². The van der Waals surface area contributed by atoms with Crippen molar-refractivity contribution in [3.05, 3.63) is 0 Å². The Balaban J connectivity index is 1.89. The third-order valence-electron chi connectivity index (χ3n) is 3.98. The molecule has 0 aromatic heterocycles. The molecule has 0 aliphatic carbocycles. The van der Waals surface area contributed by atoms with Gasteiger partial charge >= 0.3 is 6.03 Å². The Morgan fingerprint density at radius 2 is 1.65 bits per heavy atom. The number of hydrogen-bond donors (Lipinski definition) is 1. The molecule has 98 valence electrons. The fourth-order valence-electron chi connectivity index (χ4n) is 2.85. The monoisotopic (exact) mass is 239 g/mol. The molecule has 1 atom stereocenters. The van der Waals surface area contributed by atoms with Gasteiger partial charge < -0.3 is 15.1 Å². The van der Waals surface area contributed by atoms with E-state index in [1.807, 2.05) is 11.9 Å². The van der Waals surface area contributed by atoms with E-state index in [-0.39, 0.29) is 6.03 Å². The third kappa shape index (κ3) is 3.35. The van der Waals surface area contributed by atoms with Crippen LogP contribution in [-0.4, -0.2) is 55.1 Å². The molecule has 0 bridgehead atoms. The van der Waals surface area contributed by atoms with Crippen molar-refractivity contribution in [2.75, 3.05) is 33.2 Å². The first-order valence-electron chi connectivity index (χ1n) is 7.02. The normalized spacial score (nSPS) is 26.8. The van der Waals surface area contributed by atoms with Crippen LogP contribution in [0.25, 0.3) is 0 Å². The predicted molar refractivity (Wildman–Crippen MR) is 69.1 cm³/mol. The molecular weight excluding hydrogens is 214 g/mol. The summed E-state index contributed by atoms with van der Waals surface area (Å²) in [5, 5.41) is 3.29.